The molecule has 8 nitrogen and oxygen atoms in total. The predicted octanol–water partition coefficient (Wildman–Crippen LogP) is 1.89. The summed E-state index contributed by atoms with van der Waals surface area (Å²) in [6.07, 6.45) is 1.69. The van der Waals surface area contributed by atoms with Crippen molar-refractivity contribution < 1.29 is 14.3 Å². The second-order valence-corrected chi connectivity index (χ2v) is 7.76. The molecule has 2 heterocycles. The number of anilines is 2. The fourth-order valence-electron chi connectivity index (χ4n) is 3.89. The number of ether oxygens (including phenoxy) is 2. The highest BCUT2D eigenvalue weighted by Gasteiger charge is 2.52. The Morgan fingerprint density at radius 2 is 1.97 bits per heavy atom. The summed E-state index contributed by atoms with van der Waals surface area (Å²) in [5.41, 5.74) is 1.41. The van der Waals surface area contributed by atoms with Crippen LogP contribution in [0.3, 0.4) is 0 Å². The molecule has 8 heteroatoms. The second kappa shape index (κ2) is 8.87. The number of hydrogen-bond donors (Lipinski definition) is 2. The standard InChI is InChI=1S/C22H29N5O3/c1-16-15-19(27-11-13-30-14-12-27)26-21(25-16)24-10-9-23-20(28)22(7-8-22)17-5-3-4-6-18(17)29-2/h3-6,15H,7-14H2,1-2H3,(H,23,28)(H,24,25,26). The largest absolute Gasteiger partial charge is 0.496 e. The van der Waals surface area contributed by atoms with Crippen molar-refractivity contribution in [2.24, 2.45) is 0 Å². The Morgan fingerprint density at radius 3 is 2.70 bits per heavy atom. The number of methoxy groups -OCH3 is 1. The lowest BCUT2D eigenvalue weighted by atomic mass is 9.94. The number of carbonyl (C=O) groups excluding carboxylic acids is 1. The quantitative estimate of drug-likeness (QED) is 0.641. The molecule has 1 aliphatic carbocycles. The van der Waals surface area contributed by atoms with Crippen LogP contribution in [0, 0.1) is 6.92 Å². The van der Waals surface area contributed by atoms with Crippen molar-refractivity contribution in [3.05, 3.63) is 41.6 Å². The predicted molar refractivity (Wildman–Crippen MR) is 115 cm³/mol. The van der Waals surface area contributed by atoms with Crippen molar-refractivity contribution in [3.63, 3.8) is 0 Å². The number of morpholine rings is 1. The summed E-state index contributed by atoms with van der Waals surface area (Å²) in [7, 11) is 1.64. The van der Waals surface area contributed by atoms with E-state index in [0.717, 1.165) is 48.8 Å². The van der Waals surface area contributed by atoms with Crippen molar-refractivity contribution in [1.82, 2.24) is 15.3 Å². The summed E-state index contributed by atoms with van der Waals surface area (Å²) in [4.78, 5) is 24.2. The van der Waals surface area contributed by atoms with Gasteiger partial charge in [-0.25, -0.2) is 4.98 Å². The van der Waals surface area contributed by atoms with Crippen LogP contribution in [0.2, 0.25) is 0 Å². The minimum Gasteiger partial charge on any atom is -0.496 e. The van der Waals surface area contributed by atoms with Crippen LogP contribution in [0.25, 0.3) is 0 Å². The highest BCUT2D eigenvalue weighted by atomic mass is 16.5. The lowest BCUT2D eigenvalue weighted by Gasteiger charge is -2.28. The van der Waals surface area contributed by atoms with Gasteiger partial charge in [-0.3, -0.25) is 4.79 Å². The minimum absolute atomic E-state index is 0.0490. The SMILES string of the molecule is COc1ccccc1C1(C(=O)NCCNc2nc(C)cc(N3CCOCC3)n2)CC1. The molecule has 1 aromatic carbocycles. The van der Waals surface area contributed by atoms with E-state index >= 15 is 0 Å². The molecule has 2 aliphatic rings. The molecular formula is C22H29N5O3. The minimum atomic E-state index is -0.462. The third-order valence-corrected chi connectivity index (χ3v) is 5.68. The van der Waals surface area contributed by atoms with E-state index in [1.165, 1.54) is 0 Å². The van der Waals surface area contributed by atoms with E-state index < -0.39 is 5.41 Å². The molecule has 0 bridgehead atoms. The van der Waals surface area contributed by atoms with E-state index in [1.54, 1.807) is 7.11 Å². The van der Waals surface area contributed by atoms with Gasteiger partial charge in [0.2, 0.25) is 11.9 Å². The third kappa shape index (κ3) is 4.33. The van der Waals surface area contributed by atoms with Crippen molar-refractivity contribution in [1.29, 1.82) is 0 Å². The summed E-state index contributed by atoms with van der Waals surface area (Å²) in [5.74, 6) is 2.31. The fourth-order valence-corrected chi connectivity index (χ4v) is 3.89. The first-order valence-electron chi connectivity index (χ1n) is 10.5. The van der Waals surface area contributed by atoms with E-state index in [-0.39, 0.29) is 5.91 Å². The molecule has 0 atom stereocenters. The molecule has 30 heavy (non-hydrogen) atoms. The van der Waals surface area contributed by atoms with Crippen LogP contribution in [0.1, 0.15) is 24.1 Å². The molecule has 1 saturated carbocycles. The second-order valence-electron chi connectivity index (χ2n) is 7.76. The first-order valence-corrected chi connectivity index (χ1v) is 10.5. The van der Waals surface area contributed by atoms with E-state index in [4.69, 9.17) is 9.47 Å². The highest BCUT2D eigenvalue weighted by Crippen LogP contribution is 2.51. The van der Waals surface area contributed by atoms with Gasteiger partial charge in [-0.1, -0.05) is 18.2 Å². The van der Waals surface area contributed by atoms with Crippen LogP contribution in [0.15, 0.2) is 30.3 Å². The van der Waals surface area contributed by atoms with Crippen molar-refractivity contribution >= 4 is 17.7 Å². The molecule has 1 saturated heterocycles. The molecule has 2 N–H and O–H groups in total. The summed E-state index contributed by atoms with van der Waals surface area (Å²) in [6.45, 7) is 6.11. The Morgan fingerprint density at radius 1 is 1.20 bits per heavy atom. The Hall–Kier alpha value is -2.87. The van der Waals surface area contributed by atoms with Gasteiger partial charge >= 0.3 is 0 Å². The van der Waals surface area contributed by atoms with Crippen molar-refractivity contribution in [3.8, 4) is 5.75 Å². The number of nitrogens with one attached hydrogen (secondary N) is 2. The summed E-state index contributed by atoms with van der Waals surface area (Å²) in [6, 6.07) is 9.76. The Kier molecular flexibility index (Phi) is 6.03. The first-order chi connectivity index (χ1) is 14.6. The highest BCUT2D eigenvalue weighted by molar-refractivity contribution is 5.92. The molecule has 0 radical (unpaired) electrons. The number of rotatable bonds is 8. The van der Waals surface area contributed by atoms with E-state index in [2.05, 4.69) is 25.5 Å². The van der Waals surface area contributed by atoms with Crippen LogP contribution in [-0.4, -0.2) is 62.4 Å². The lowest BCUT2D eigenvalue weighted by Crippen LogP contribution is -2.38. The molecular weight excluding hydrogens is 382 g/mol. The lowest BCUT2D eigenvalue weighted by molar-refractivity contribution is -0.123. The number of amides is 1. The summed E-state index contributed by atoms with van der Waals surface area (Å²) in [5, 5.41) is 6.29. The number of nitrogens with zero attached hydrogens (tertiary/aromatic N) is 3. The maximum Gasteiger partial charge on any atom is 0.230 e. The number of benzene rings is 1. The monoisotopic (exact) mass is 411 g/mol. The van der Waals surface area contributed by atoms with Crippen LogP contribution in [-0.2, 0) is 14.9 Å². The number of aryl methyl sites for hydroxylation is 1. The van der Waals surface area contributed by atoms with Gasteiger partial charge < -0.3 is 25.0 Å². The molecule has 1 aliphatic heterocycles. The molecule has 0 unspecified atom stereocenters. The number of aromatic nitrogens is 2. The zero-order valence-corrected chi connectivity index (χ0v) is 17.6. The summed E-state index contributed by atoms with van der Waals surface area (Å²) < 4.78 is 10.9. The third-order valence-electron chi connectivity index (χ3n) is 5.68. The smallest absolute Gasteiger partial charge is 0.230 e. The zero-order valence-electron chi connectivity index (χ0n) is 17.6. The normalized spacial score (nSPS) is 17.3. The molecule has 4 rings (SSSR count). The average Bonchev–Trinajstić information content (AvgIpc) is 3.59. The Labute approximate surface area is 177 Å². The number of para-hydroxylation sites is 1. The molecule has 160 valence electrons. The van der Waals surface area contributed by atoms with Gasteiger partial charge in [0.15, 0.2) is 0 Å². The van der Waals surface area contributed by atoms with E-state index in [0.29, 0.717) is 32.3 Å². The van der Waals surface area contributed by atoms with Crippen molar-refractivity contribution in [2.45, 2.75) is 25.2 Å². The van der Waals surface area contributed by atoms with Gasteiger partial charge in [0.05, 0.1) is 25.7 Å². The van der Waals surface area contributed by atoms with Crippen LogP contribution >= 0.6 is 0 Å². The summed E-state index contributed by atoms with van der Waals surface area (Å²) >= 11 is 0. The fraction of sp³-hybridized carbons (Fsp3) is 0.500. The topological polar surface area (TPSA) is 88.6 Å². The van der Waals surface area contributed by atoms with Crippen LogP contribution in [0.5, 0.6) is 5.75 Å². The van der Waals surface area contributed by atoms with E-state index in [9.17, 15) is 4.79 Å². The maximum atomic E-state index is 12.9. The molecule has 1 amide bonds. The van der Waals surface area contributed by atoms with Gasteiger partial charge in [-0.2, -0.15) is 4.98 Å². The molecule has 1 aromatic heterocycles. The van der Waals surface area contributed by atoms with Gasteiger partial charge in [-0.05, 0) is 25.8 Å². The maximum absolute atomic E-state index is 12.9. The van der Waals surface area contributed by atoms with Crippen LogP contribution in [0.4, 0.5) is 11.8 Å². The van der Waals surface area contributed by atoms with Crippen LogP contribution < -0.4 is 20.3 Å². The van der Waals surface area contributed by atoms with Gasteiger partial charge in [0, 0.05) is 43.5 Å². The zero-order chi connectivity index (χ0) is 21.0. The molecule has 0 spiro atoms. The van der Waals surface area contributed by atoms with Gasteiger partial charge in [0.1, 0.15) is 11.6 Å². The van der Waals surface area contributed by atoms with E-state index in [1.807, 2.05) is 37.3 Å². The number of hydrogen-bond acceptors (Lipinski definition) is 7. The Bertz CT molecular complexity index is 894. The Balaban J connectivity index is 1.32. The van der Waals surface area contributed by atoms with Gasteiger partial charge in [0.25, 0.3) is 0 Å². The van der Waals surface area contributed by atoms with Crippen molar-refractivity contribution in [2.75, 3.05) is 56.7 Å². The molecule has 2 aromatic rings. The molecule has 2 fully saturated rings. The average molecular weight is 412 g/mol. The van der Waals surface area contributed by atoms with Gasteiger partial charge in [-0.15, -0.1) is 0 Å². The number of carbonyl (C=O) groups is 1. The first kappa shape index (κ1) is 20.4.